The van der Waals surface area contributed by atoms with Crippen molar-refractivity contribution in [3.63, 3.8) is 0 Å². The van der Waals surface area contributed by atoms with Crippen LogP contribution in [-0.2, 0) is 28.7 Å². The minimum Gasteiger partial charge on any atom is -0.465 e. The molecule has 104 valence electrons. The summed E-state index contributed by atoms with van der Waals surface area (Å²) in [5.41, 5.74) is 0.0300. The second kappa shape index (κ2) is 3.98. The van der Waals surface area contributed by atoms with Gasteiger partial charge in [-0.2, -0.15) is 18.3 Å². The number of aromatic nitrogens is 2. The molecule has 0 bridgehead atoms. The lowest BCUT2D eigenvalue weighted by atomic mass is 10.1. The van der Waals surface area contributed by atoms with Gasteiger partial charge >= 0.3 is 12.1 Å². The topological polar surface area (TPSA) is 44.1 Å². The fourth-order valence-corrected chi connectivity index (χ4v) is 2.85. The Balaban J connectivity index is 1.95. The summed E-state index contributed by atoms with van der Waals surface area (Å²) in [7, 11) is 0. The van der Waals surface area contributed by atoms with Gasteiger partial charge < -0.3 is 4.74 Å². The molecule has 2 aliphatic rings. The molecule has 0 spiro atoms. The van der Waals surface area contributed by atoms with Gasteiger partial charge in [0.15, 0.2) is 0 Å². The van der Waals surface area contributed by atoms with Crippen LogP contribution < -0.4 is 0 Å². The van der Waals surface area contributed by atoms with Crippen molar-refractivity contribution in [2.24, 2.45) is 5.92 Å². The van der Waals surface area contributed by atoms with Crippen molar-refractivity contribution in [2.45, 2.75) is 38.4 Å². The molecule has 0 saturated heterocycles. The molecular weight excluding hydrogens is 261 g/mol. The van der Waals surface area contributed by atoms with E-state index in [1.807, 2.05) is 0 Å². The molecule has 0 radical (unpaired) electrons. The van der Waals surface area contributed by atoms with Gasteiger partial charge in [-0.05, 0) is 25.7 Å². The van der Waals surface area contributed by atoms with Gasteiger partial charge in [0, 0.05) is 11.5 Å². The van der Waals surface area contributed by atoms with Crippen LogP contribution in [0.1, 0.15) is 36.2 Å². The summed E-state index contributed by atoms with van der Waals surface area (Å²) in [6, 6.07) is 0. The Kier molecular flexibility index (Phi) is 2.62. The van der Waals surface area contributed by atoms with Crippen molar-refractivity contribution in [1.82, 2.24) is 9.78 Å². The van der Waals surface area contributed by atoms with E-state index in [9.17, 15) is 18.0 Å². The minimum atomic E-state index is -4.48. The zero-order chi connectivity index (χ0) is 13.8. The standard InChI is InChI=1S/C12H13F3N2O2/c1-2-19-9(18)5-17-11(12(13,14)15)8-4-6-3-7(6)10(8)16-17/h6-7H,2-5H2,1H3. The van der Waals surface area contributed by atoms with Gasteiger partial charge in [-0.3, -0.25) is 4.79 Å². The van der Waals surface area contributed by atoms with E-state index in [0.717, 1.165) is 11.1 Å². The molecule has 0 aromatic carbocycles. The lowest BCUT2D eigenvalue weighted by Gasteiger charge is -2.11. The highest BCUT2D eigenvalue weighted by Gasteiger charge is 2.52. The largest absolute Gasteiger partial charge is 0.465 e. The SMILES string of the molecule is CCOC(=O)Cn1nc2c(c1C(F)(F)F)CC1CC21. The highest BCUT2D eigenvalue weighted by atomic mass is 19.4. The lowest BCUT2D eigenvalue weighted by Crippen LogP contribution is -2.22. The van der Waals surface area contributed by atoms with Crippen LogP contribution in [0.4, 0.5) is 13.2 Å². The highest BCUT2D eigenvalue weighted by Crippen LogP contribution is 2.57. The molecule has 2 unspecified atom stereocenters. The van der Waals surface area contributed by atoms with Crippen molar-refractivity contribution in [1.29, 1.82) is 0 Å². The summed E-state index contributed by atoms with van der Waals surface area (Å²) >= 11 is 0. The van der Waals surface area contributed by atoms with Crippen molar-refractivity contribution < 1.29 is 22.7 Å². The van der Waals surface area contributed by atoms with Crippen molar-refractivity contribution in [3.05, 3.63) is 17.0 Å². The van der Waals surface area contributed by atoms with E-state index in [-0.39, 0.29) is 18.1 Å². The molecular formula is C12H13F3N2O2. The predicted molar refractivity (Wildman–Crippen MR) is 58.4 cm³/mol. The monoisotopic (exact) mass is 274 g/mol. The van der Waals surface area contributed by atoms with Crippen molar-refractivity contribution in [2.75, 3.05) is 6.61 Å². The van der Waals surface area contributed by atoms with Crippen LogP contribution in [-0.4, -0.2) is 22.4 Å². The molecule has 4 nitrogen and oxygen atoms in total. The Morgan fingerprint density at radius 3 is 2.89 bits per heavy atom. The maximum Gasteiger partial charge on any atom is 0.433 e. The van der Waals surface area contributed by atoms with Crippen LogP contribution in [0.2, 0.25) is 0 Å². The van der Waals surface area contributed by atoms with E-state index in [0.29, 0.717) is 18.0 Å². The minimum absolute atomic E-state index is 0.145. The normalized spacial score (nSPS) is 24.0. The molecule has 1 aromatic heterocycles. The first kappa shape index (κ1) is 12.5. The molecule has 1 saturated carbocycles. The van der Waals surface area contributed by atoms with Gasteiger partial charge in [0.05, 0.1) is 12.3 Å². The fraction of sp³-hybridized carbons (Fsp3) is 0.667. The van der Waals surface area contributed by atoms with Gasteiger partial charge in [-0.15, -0.1) is 0 Å². The van der Waals surface area contributed by atoms with Crippen LogP contribution in [0.3, 0.4) is 0 Å². The molecule has 7 heteroatoms. The average molecular weight is 274 g/mol. The summed E-state index contributed by atoms with van der Waals surface area (Å²) in [6.45, 7) is 1.28. The van der Waals surface area contributed by atoms with Crippen molar-refractivity contribution in [3.8, 4) is 0 Å². The van der Waals surface area contributed by atoms with Gasteiger partial charge in [0.1, 0.15) is 12.2 Å². The molecule has 3 rings (SSSR count). The molecule has 0 N–H and O–H groups in total. The number of rotatable bonds is 3. The first-order chi connectivity index (χ1) is 8.91. The Morgan fingerprint density at radius 2 is 2.26 bits per heavy atom. The second-order valence-electron chi connectivity index (χ2n) is 4.98. The molecule has 2 aliphatic carbocycles. The zero-order valence-corrected chi connectivity index (χ0v) is 10.3. The van der Waals surface area contributed by atoms with Crippen LogP contribution in [0.25, 0.3) is 0 Å². The third kappa shape index (κ3) is 2.01. The molecule has 2 atom stereocenters. The van der Waals surface area contributed by atoms with E-state index in [1.165, 1.54) is 0 Å². The molecule has 1 fully saturated rings. The lowest BCUT2D eigenvalue weighted by molar-refractivity contribution is -0.149. The van der Waals surface area contributed by atoms with Crippen molar-refractivity contribution >= 4 is 5.97 Å². The predicted octanol–water partition coefficient (Wildman–Crippen LogP) is 2.12. The molecule has 19 heavy (non-hydrogen) atoms. The van der Waals surface area contributed by atoms with Crippen LogP contribution in [0, 0.1) is 5.92 Å². The van der Waals surface area contributed by atoms with E-state index in [2.05, 4.69) is 9.84 Å². The number of halogens is 3. The average Bonchev–Trinajstić information content (AvgIpc) is 2.80. The number of alkyl halides is 3. The van der Waals surface area contributed by atoms with Gasteiger partial charge in [0.2, 0.25) is 0 Å². The van der Waals surface area contributed by atoms with E-state index < -0.39 is 24.4 Å². The number of carbonyl (C=O) groups excluding carboxylic acids is 1. The second-order valence-corrected chi connectivity index (χ2v) is 4.98. The Labute approximate surface area is 107 Å². The van der Waals surface area contributed by atoms with Crippen LogP contribution in [0.5, 0.6) is 0 Å². The number of hydrogen-bond acceptors (Lipinski definition) is 3. The summed E-state index contributed by atoms with van der Waals surface area (Å²) < 4.78 is 44.8. The van der Waals surface area contributed by atoms with Crippen LogP contribution >= 0.6 is 0 Å². The summed E-state index contributed by atoms with van der Waals surface area (Å²) in [5.74, 6) is -0.197. The maximum atomic E-state index is 13.1. The number of nitrogens with zero attached hydrogens (tertiary/aromatic N) is 2. The van der Waals surface area contributed by atoms with Gasteiger partial charge in [0.25, 0.3) is 0 Å². The molecule has 1 aromatic rings. The quantitative estimate of drug-likeness (QED) is 0.793. The van der Waals surface area contributed by atoms with Gasteiger partial charge in [-0.1, -0.05) is 0 Å². The number of hydrogen-bond donors (Lipinski definition) is 0. The number of esters is 1. The summed E-state index contributed by atoms with van der Waals surface area (Å²) in [6.07, 6.45) is -3.14. The Hall–Kier alpha value is -1.53. The first-order valence-corrected chi connectivity index (χ1v) is 6.24. The van der Waals surface area contributed by atoms with E-state index >= 15 is 0 Å². The fourth-order valence-electron chi connectivity index (χ4n) is 2.85. The highest BCUT2D eigenvalue weighted by molar-refractivity contribution is 5.69. The number of ether oxygens (including phenoxy) is 1. The molecule has 0 amide bonds. The number of fused-ring (bicyclic) bond motifs is 3. The molecule has 0 aliphatic heterocycles. The third-order valence-electron chi connectivity index (χ3n) is 3.67. The van der Waals surface area contributed by atoms with Crippen LogP contribution in [0.15, 0.2) is 0 Å². The summed E-state index contributed by atoms with van der Waals surface area (Å²) in [5, 5.41) is 4.00. The summed E-state index contributed by atoms with van der Waals surface area (Å²) in [4.78, 5) is 11.4. The van der Waals surface area contributed by atoms with Gasteiger partial charge in [-0.25, -0.2) is 4.68 Å². The first-order valence-electron chi connectivity index (χ1n) is 6.24. The zero-order valence-electron chi connectivity index (χ0n) is 10.3. The third-order valence-corrected chi connectivity index (χ3v) is 3.67. The van der Waals surface area contributed by atoms with E-state index in [4.69, 9.17) is 0 Å². The Bertz CT molecular complexity index is 536. The number of carbonyl (C=O) groups is 1. The molecule has 1 heterocycles. The van der Waals surface area contributed by atoms with E-state index in [1.54, 1.807) is 6.92 Å². The smallest absolute Gasteiger partial charge is 0.433 e. The Morgan fingerprint density at radius 1 is 1.53 bits per heavy atom. The maximum absolute atomic E-state index is 13.1.